The zero-order valence-corrected chi connectivity index (χ0v) is 19.5. The van der Waals surface area contributed by atoms with Crippen LogP contribution in [0.2, 0.25) is 0 Å². The number of rotatable bonds is 8. The monoisotopic (exact) mass is 463 g/mol. The van der Waals surface area contributed by atoms with Gasteiger partial charge in [0.05, 0.1) is 36.8 Å². The lowest BCUT2D eigenvalue weighted by atomic mass is 9.97. The number of unbranched alkanes of at least 4 members (excludes halogenated alkanes) is 1. The second-order valence-corrected chi connectivity index (χ2v) is 8.78. The van der Waals surface area contributed by atoms with Crippen molar-refractivity contribution in [2.24, 2.45) is 0 Å². The molecule has 2 aliphatic rings. The van der Waals surface area contributed by atoms with Crippen molar-refractivity contribution in [1.82, 2.24) is 4.90 Å². The van der Waals surface area contributed by atoms with Gasteiger partial charge in [-0.3, -0.25) is 9.59 Å². The highest BCUT2D eigenvalue weighted by molar-refractivity contribution is 5.99. The van der Waals surface area contributed by atoms with Crippen molar-refractivity contribution >= 4 is 16.9 Å². The summed E-state index contributed by atoms with van der Waals surface area (Å²) in [4.78, 5) is 28.8. The van der Waals surface area contributed by atoms with E-state index in [0.717, 1.165) is 31.2 Å². The normalized spacial score (nSPS) is 19.6. The molecule has 0 bridgehead atoms. The van der Waals surface area contributed by atoms with Gasteiger partial charge in [-0.05, 0) is 49.1 Å². The van der Waals surface area contributed by atoms with Gasteiger partial charge >= 0.3 is 0 Å². The standard InChI is InChI=1S/C27H29NO6/c1-3-4-13-33-21-12-11-17(15-22(21)31-2)24-23-25(29)19-9-5-6-10-20(19)34-26(23)27(30)28(24)16-18-8-7-14-32-18/h5-6,9-12,15,18,24H,3-4,7-8,13-14,16H2,1-2H3. The molecule has 0 saturated carbocycles. The first-order valence-electron chi connectivity index (χ1n) is 11.9. The van der Waals surface area contributed by atoms with Crippen LogP contribution in [0.3, 0.4) is 0 Å². The Labute approximate surface area is 198 Å². The summed E-state index contributed by atoms with van der Waals surface area (Å²) in [5.74, 6) is 1.02. The van der Waals surface area contributed by atoms with Gasteiger partial charge in [0.1, 0.15) is 5.58 Å². The number of carbonyl (C=O) groups is 1. The maximum absolute atomic E-state index is 13.6. The van der Waals surface area contributed by atoms with Crippen LogP contribution in [0.25, 0.3) is 11.0 Å². The van der Waals surface area contributed by atoms with Crippen molar-refractivity contribution in [2.45, 2.75) is 44.8 Å². The summed E-state index contributed by atoms with van der Waals surface area (Å²) in [6, 6.07) is 12.0. The van der Waals surface area contributed by atoms with Crippen LogP contribution in [0, 0.1) is 0 Å². The Morgan fingerprint density at radius 2 is 1.97 bits per heavy atom. The van der Waals surface area contributed by atoms with Crippen LogP contribution in [-0.2, 0) is 4.74 Å². The average Bonchev–Trinajstić information content (AvgIpc) is 3.47. The fraction of sp³-hybridized carbons (Fsp3) is 0.407. The summed E-state index contributed by atoms with van der Waals surface area (Å²) in [7, 11) is 1.59. The number of hydrogen-bond acceptors (Lipinski definition) is 6. The largest absolute Gasteiger partial charge is 0.493 e. The molecule has 34 heavy (non-hydrogen) atoms. The SMILES string of the molecule is CCCCOc1ccc(C2c3c(oc4ccccc4c3=O)C(=O)N2CC2CCCO2)cc1OC. The Morgan fingerprint density at radius 1 is 1.12 bits per heavy atom. The first-order chi connectivity index (χ1) is 16.6. The highest BCUT2D eigenvalue weighted by Gasteiger charge is 2.44. The van der Waals surface area contributed by atoms with E-state index in [-0.39, 0.29) is 23.2 Å². The second kappa shape index (κ2) is 9.50. The molecule has 2 aliphatic heterocycles. The lowest BCUT2D eigenvalue weighted by Crippen LogP contribution is -2.36. The molecular formula is C27H29NO6. The van der Waals surface area contributed by atoms with Gasteiger partial charge in [-0.1, -0.05) is 31.5 Å². The quantitative estimate of drug-likeness (QED) is 0.451. The van der Waals surface area contributed by atoms with E-state index in [1.54, 1.807) is 36.3 Å². The Balaban J connectivity index is 1.61. The minimum atomic E-state index is -0.592. The summed E-state index contributed by atoms with van der Waals surface area (Å²) in [5, 5.41) is 0.463. The molecule has 0 aliphatic carbocycles. The lowest BCUT2D eigenvalue weighted by molar-refractivity contribution is 0.0486. The van der Waals surface area contributed by atoms with Crippen molar-refractivity contribution in [3.05, 3.63) is 69.6 Å². The topological polar surface area (TPSA) is 78.2 Å². The van der Waals surface area contributed by atoms with Gasteiger partial charge in [-0.15, -0.1) is 0 Å². The smallest absolute Gasteiger partial charge is 0.291 e. The molecule has 1 fully saturated rings. The molecule has 0 radical (unpaired) electrons. The van der Waals surface area contributed by atoms with Crippen molar-refractivity contribution < 1.29 is 23.4 Å². The van der Waals surface area contributed by atoms with E-state index in [0.29, 0.717) is 47.8 Å². The summed E-state index contributed by atoms with van der Waals surface area (Å²) >= 11 is 0. The number of methoxy groups -OCH3 is 1. The number of fused-ring (bicyclic) bond motifs is 2. The summed E-state index contributed by atoms with van der Waals surface area (Å²) in [6.07, 6.45) is 3.75. The number of benzene rings is 2. The van der Waals surface area contributed by atoms with Crippen molar-refractivity contribution in [2.75, 3.05) is 26.9 Å². The van der Waals surface area contributed by atoms with Crippen LogP contribution in [0.15, 0.2) is 51.7 Å². The molecule has 0 spiro atoms. The molecule has 2 unspecified atom stereocenters. The van der Waals surface area contributed by atoms with Crippen molar-refractivity contribution in [1.29, 1.82) is 0 Å². The van der Waals surface area contributed by atoms with Crippen LogP contribution in [0.4, 0.5) is 0 Å². The summed E-state index contributed by atoms with van der Waals surface area (Å²) < 4.78 is 23.3. The fourth-order valence-corrected chi connectivity index (χ4v) is 4.81. The number of amides is 1. The zero-order chi connectivity index (χ0) is 23.7. The molecule has 3 aromatic rings. The number of ether oxygens (including phenoxy) is 3. The first kappa shape index (κ1) is 22.5. The third-order valence-electron chi connectivity index (χ3n) is 6.56. The van der Waals surface area contributed by atoms with E-state index in [4.69, 9.17) is 18.6 Å². The highest BCUT2D eigenvalue weighted by atomic mass is 16.5. The van der Waals surface area contributed by atoms with Crippen LogP contribution in [0.5, 0.6) is 11.5 Å². The van der Waals surface area contributed by atoms with Crippen LogP contribution in [0.1, 0.15) is 60.3 Å². The van der Waals surface area contributed by atoms with E-state index < -0.39 is 6.04 Å². The van der Waals surface area contributed by atoms with Gasteiger partial charge < -0.3 is 23.5 Å². The lowest BCUT2D eigenvalue weighted by Gasteiger charge is -2.28. The second-order valence-electron chi connectivity index (χ2n) is 8.78. The Bertz CT molecular complexity index is 1260. The van der Waals surface area contributed by atoms with Crippen LogP contribution in [-0.4, -0.2) is 43.8 Å². The van der Waals surface area contributed by atoms with Crippen LogP contribution >= 0.6 is 0 Å². The average molecular weight is 464 g/mol. The molecule has 5 rings (SSSR count). The molecule has 1 saturated heterocycles. The van der Waals surface area contributed by atoms with Crippen molar-refractivity contribution in [3.8, 4) is 11.5 Å². The highest BCUT2D eigenvalue weighted by Crippen LogP contribution is 2.41. The molecule has 2 atom stereocenters. The van der Waals surface area contributed by atoms with E-state index in [1.807, 2.05) is 18.2 Å². The molecule has 7 nitrogen and oxygen atoms in total. The zero-order valence-electron chi connectivity index (χ0n) is 19.5. The molecular weight excluding hydrogens is 434 g/mol. The number of para-hydroxylation sites is 1. The minimum Gasteiger partial charge on any atom is -0.493 e. The van der Waals surface area contributed by atoms with Crippen LogP contribution < -0.4 is 14.9 Å². The number of nitrogens with zero attached hydrogens (tertiary/aromatic N) is 1. The van der Waals surface area contributed by atoms with Gasteiger partial charge in [-0.25, -0.2) is 0 Å². The molecule has 178 valence electrons. The number of carbonyl (C=O) groups excluding carboxylic acids is 1. The van der Waals surface area contributed by atoms with E-state index in [1.165, 1.54) is 0 Å². The molecule has 7 heteroatoms. The Hall–Kier alpha value is -3.32. The van der Waals surface area contributed by atoms with E-state index in [2.05, 4.69) is 6.92 Å². The van der Waals surface area contributed by atoms with Gasteiger partial charge in [0.2, 0.25) is 5.76 Å². The molecule has 3 heterocycles. The molecule has 2 aromatic carbocycles. The predicted molar refractivity (Wildman–Crippen MR) is 128 cm³/mol. The Morgan fingerprint density at radius 3 is 2.74 bits per heavy atom. The molecule has 1 amide bonds. The van der Waals surface area contributed by atoms with Gasteiger partial charge in [0.15, 0.2) is 16.9 Å². The maximum Gasteiger partial charge on any atom is 0.291 e. The third-order valence-corrected chi connectivity index (χ3v) is 6.56. The minimum absolute atomic E-state index is 0.0659. The summed E-state index contributed by atoms with van der Waals surface area (Å²) in [5.41, 5.74) is 1.36. The third kappa shape index (κ3) is 3.94. The van der Waals surface area contributed by atoms with Gasteiger partial charge in [-0.2, -0.15) is 0 Å². The number of hydrogen-bond donors (Lipinski definition) is 0. The molecule has 1 aromatic heterocycles. The van der Waals surface area contributed by atoms with Crippen molar-refractivity contribution in [3.63, 3.8) is 0 Å². The van der Waals surface area contributed by atoms with E-state index in [9.17, 15) is 9.59 Å². The first-order valence-corrected chi connectivity index (χ1v) is 11.9. The predicted octanol–water partition coefficient (Wildman–Crippen LogP) is 4.70. The van der Waals surface area contributed by atoms with E-state index >= 15 is 0 Å². The maximum atomic E-state index is 13.6. The fourth-order valence-electron chi connectivity index (χ4n) is 4.81. The Kier molecular flexibility index (Phi) is 6.28. The van der Waals surface area contributed by atoms with Gasteiger partial charge in [0.25, 0.3) is 5.91 Å². The van der Waals surface area contributed by atoms with Gasteiger partial charge in [0, 0.05) is 13.2 Å². The molecule has 0 N–H and O–H groups in total. The summed E-state index contributed by atoms with van der Waals surface area (Å²) in [6.45, 7) is 3.78.